The molecule has 0 spiro atoms. The fourth-order valence-electron chi connectivity index (χ4n) is 1.85. The van der Waals surface area contributed by atoms with E-state index in [2.05, 4.69) is 25.1 Å². The molecule has 1 unspecified atom stereocenters. The number of nitrogens with zero attached hydrogens (tertiary/aromatic N) is 2. The highest BCUT2D eigenvalue weighted by Gasteiger charge is 2.25. The number of rotatable bonds is 4. The quantitative estimate of drug-likeness (QED) is 0.741. The van der Waals surface area contributed by atoms with Gasteiger partial charge in [-0.3, -0.25) is 0 Å². The van der Waals surface area contributed by atoms with Crippen molar-refractivity contribution in [2.24, 2.45) is 0 Å². The minimum Gasteiger partial charge on any atom is -0.384 e. The Morgan fingerprint density at radius 2 is 1.93 bits per heavy atom. The summed E-state index contributed by atoms with van der Waals surface area (Å²) in [6.07, 6.45) is 6.80. The maximum absolute atomic E-state index is 10.2. The first-order valence-corrected chi connectivity index (χ1v) is 5.31. The number of hydrogen-bond acceptors (Lipinski definition) is 3. The molecule has 3 heteroatoms. The summed E-state index contributed by atoms with van der Waals surface area (Å²) in [5.74, 6) is 0. The van der Waals surface area contributed by atoms with E-state index in [0.717, 1.165) is 6.54 Å². The van der Waals surface area contributed by atoms with Crippen LogP contribution in [0.3, 0.4) is 0 Å². The lowest BCUT2D eigenvalue weighted by molar-refractivity contribution is 0.0628. The third-order valence-corrected chi connectivity index (χ3v) is 2.41. The molecule has 1 N–H and O–H groups in total. The summed E-state index contributed by atoms with van der Waals surface area (Å²) in [6.45, 7) is 1.61. The van der Waals surface area contributed by atoms with Gasteiger partial charge in [0.1, 0.15) is 0 Å². The molecule has 0 aromatic carbocycles. The van der Waals surface area contributed by atoms with Crippen LogP contribution in [0, 0.1) is 0 Å². The van der Waals surface area contributed by atoms with Gasteiger partial charge in [-0.1, -0.05) is 18.2 Å². The van der Waals surface area contributed by atoms with Gasteiger partial charge in [-0.25, -0.2) is 0 Å². The zero-order chi connectivity index (χ0) is 11.5. The summed E-state index contributed by atoms with van der Waals surface area (Å²) >= 11 is 0. The molecule has 15 heavy (non-hydrogen) atoms. The van der Waals surface area contributed by atoms with Crippen LogP contribution in [0.5, 0.6) is 0 Å². The molecule has 0 fully saturated rings. The van der Waals surface area contributed by atoms with Crippen molar-refractivity contribution in [1.29, 1.82) is 0 Å². The van der Waals surface area contributed by atoms with E-state index in [-0.39, 0.29) is 0 Å². The second-order valence-corrected chi connectivity index (χ2v) is 4.90. The molecule has 86 valence electrons. The Bertz CT molecular complexity index is 269. The van der Waals surface area contributed by atoms with Crippen LogP contribution in [0.1, 0.15) is 6.42 Å². The van der Waals surface area contributed by atoms with Crippen molar-refractivity contribution >= 4 is 0 Å². The number of hydrogen-bond donors (Lipinski definition) is 1. The van der Waals surface area contributed by atoms with E-state index in [9.17, 15) is 5.11 Å². The van der Waals surface area contributed by atoms with Crippen molar-refractivity contribution in [2.45, 2.75) is 12.0 Å². The van der Waals surface area contributed by atoms with Crippen molar-refractivity contribution < 1.29 is 5.11 Å². The van der Waals surface area contributed by atoms with Crippen molar-refractivity contribution in [3.05, 3.63) is 23.8 Å². The summed E-state index contributed by atoms with van der Waals surface area (Å²) < 4.78 is 0. The van der Waals surface area contributed by atoms with Gasteiger partial charge in [-0.05, 0) is 40.2 Å². The first-order valence-electron chi connectivity index (χ1n) is 5.31. The monoisotopic (exact) mass is 210 g/mol. The van der Waals surface area contributed by atoms with Gasteiger partial charge in [0.05, 0.1) is 5.60 Å². The molecule has 0 heterocycles. The van der Waals surface area contributed by atoms with Crippen molar-refractivity contribution in [2.75, 3.05) is 41.3 Å². The van der Waals surface area contributed by atoms with Crippen LogP contribution in [-0.4, -0.2) is 61.8 Å². The number of aliphatic hydroxyl groups is 1. The topological polar surface area (TPSA) is 26.7 Å². The van der Waals surface area contributed by atoms with Gasteiger partial charge in [-0.15, -0.1) is 0 Å². The van der Waals surface area contributed by atoms with E-state index in [4.69, 9.17) is 0 Å². The van der Waals surface area contributed by atoms with Crippen LogP contribution in [0.4, 0.5) is 0 Å². The van der Waals surface area contributed by atoms with Crippen LogP contribution in [0.25, 0.3) is 0 Å². The van der Waals surface area contributed by atoms with Crippen LogP contribution >= 0.6 is 0 Å². The molecule has 0 saturated carbocycles. The summed E-state index contributed by atoms with van der Waals surface area (Å²) in [5, 5.41) is 10.2. The number of likely N-dealkylation sites (N-methyl/N-ethyl adjacent to an activating group) is 2. The van der Waals surface area contributed by atoms with E-state index >= 15 is 0 Å². The minimum atomic E-state index is -0.681. The summed E-state index contributed by atoms with van der Waals surface area (Å²) in [5.41, 5.74) is 0.600. The Hall–Kier alpha value is -0.640. The highest BCUT2D eigenvalue weighted by molar-refractivity contribution is 5.29. The van der Waals surface area contributed by atoms with Crippen LogP contribution in [-0.2, 0) is 0 Å². The average molecular weight is 210 g/mol. The zero-order valence-electron chi connectivity index (χ0n) is 10.2. The van der Waals surface area contributed by atoms with Crippen molar-refractivity contribution in [1.82, 2.24) is 9.80 Å². The van der Waals surface area contributed by atoms with E-state index in [0.29, 0.717) is 13.0 Å². The summed E-state index contributed by atoms with van der Waals surface area (Å²) in [4.78, 5) is 4.14. The van der Waals surface area contributed by atoms with Gasteiger partial charge in [0.15, 0.2) is 0 Å². The SMILES string of the molecule is CN(C)CC1=CCC(O)(CN(C)C)C=C1. The maximum atomic E-state index is 10.2. The Morgan fingerprint density at radius 3 is 2.33 bits per heavy atom. The Labute approximate surface area is 92.7 Å². The predicted octanol–water partition coefficient (Wildman–Crippen LogP) is 0.727. The van der Waals surface area contributed by atoms with E-state index < -0.39 is 5.60 Å². The lowest BCUT2D eigenvalue weighted by Gasteiger charge is -2.30. The lowest BCUT2D eigenvalue weighted by atomic mass is 9.91. The molecular formula is C12H22N2O. The van der Waals surface area contributed by atoms with E-state index in [1.807, 2.05) is 31.1 Å². The molecule has 1 atom stereocenters. The zero-order valence-corrected chi connectivity index (χ0v) is 10.2. The second kappa shape index (κ2) is 4.92. The largest absolute Gasteiger partial charge is 0.384 e. The van der Waals surface area contributed by atoms with Gasteiger partial charge in [0, 0.05) is 13.1 Å². The third kappa shape index (κ3) is 4.16. The van der Waals surface area contributed by atoms with E-state index in [1.54, 1.807) is 0 Å². The molecule has 0 aliphatic heterocycles. The molecule has 0 aromatic rings. The highest BCUT2D eigenvalue weighted by atomic mass is 16.3. The summed E-state index contributed by atoms with van der Waals surface area (Å²) in [6, 6.07) is 0. The Kier molecular flexibility index (Phi) is 4.08. The van der Waals surface area contributed by atoms with Gasteiger partial charge in [-0.2, -0.15) is 0 Å². The van der Waals surface area contributed by atoms with Crippen molar-refractivity contribution in [3.8, 4) is 0 Å². The fourth-order valence-corrected chi connectivity index (χ4v) is 1.85. The second-order valence-electron chi connectivity index (χ2n) is 4.90. The molecule has 3 nitrogen and oxygen atoms in total. The van der Waals surface area contributed by atoms with Crippen molar-refractivity contribution in [3.63, 3.8) is 0 Å². The first-order chi connectivity index (χ1) is 6.91. The van der Waals surface area contributed by atoms with Gasteiger partial charge in [0.25, 0.3) is 0 Å². The molecular weight excluding hydrogens is 188 g/mol. The Morgan fingerprint density at radius 1 is 1.27 bits per heavy atom. The molecule has 0 saturated heterocycles. The normalized spacial score (nSPS) is 26.2. The maximum Gasteiger partial charge on any atom is 0.0991 e. The smallest absolute Gasteiger partial charge is 0.0991 e. The fraction of sp³-hybridized carbons (Fsp3) is 0.667. The van der Waals surface area contributed by atoms with Crippen LogP contribution < -0.4 is 0 Å². The molecule has 1 rings (SSSR count). The van der Waals surface area contributed by atoms with Crippen LogP contribution in [0.15, 0.2) is 23.8 Å². The van der Waals surface area contributed by atoms with Gasteiger partial charge >= 0.3 is 0 Å². The third-order valence-electron chi connectivity index (χ3n) is 2.41. The highest BCUT2D eigenvalue weighted by Crippen LogP contribution is 2.21. The molecule has 0 bridgehead atoms. The summed E-state index contributed by atoms with van der Waals surface area (Å²) in [7, 11) is 8.06. The van der Waals surface area contributed by atoms with Gasteiger partial charge < -0.3 is 14.9 Å². The lowest BCUT2D eigenvalue weighted by Crippen LogP contribution is -2.39. The molecule has 0 radical (unpaired) electrons. The average Bonchev–Trinajstić information content (AvgIpc) is 2.07. The predicted molar refractivity (Wildman–Crippen MR) is 63.9 cm³/mol. The van der Waals surface area contributed by atoms with Crippen LogP contribution in [0.2, 0.25) is 0 Å². The molecule has 0 aromatic heterocycles. The molecule has 1 aliphatic rings. The first kappa shape index (κ1) is 12.4. The standard InChI is InChI=1S/C12H22N2O/c1-13(2)9-11-5-7-12(15,8-6-11)10-14(3)4/h5-7,15H,8-10H2,1-4H3. The molecule has 0 amide bonds. The van der Waals surface area contributed by atoms with E-state index in [1.165, 1.54) is 5.57 Å². The molecule has 1 aliphatic carbocycles. The minimum absolute atomic E-state index is 0.676. The van der Waals surface area contributed by atoms with Gasteiger partial charge in [0.2, 0.25) is 0 Å². The Balaban J connectivity index is 2.54.